The third-order valence-electron chi connectivity index (χ3n) is 4.10. The summed E-state index contributed by atoms with van der Waals surface area (Å²) in [4.78, 5) is 28.7. The van der Waals surface area contributed by atoms with Gasteiger partial charge in [-0.2, -0.15) is 0 Å². The number of pyridine rings is 1. The van der Waals surface area contributed by atoms with Gasteiger partial charge in [-0.15, -0.1) is 25.3 Å². The third-order valence-corrected chi connectivity index (χ3v) is 4.31. The molecule has 1 aliphatic carbocycles. The molecule has 22 heavy (non-hydrogen) atoms. The molecule has 1 N–H and O–H groups in total. The molecule has 120 valence electrons. The molecule has 0 saturated heterocycles. The molecule has 1 fully saturated rings. The van der Waals surface area contributed by atoms with E-state index in [1.807, 2.05) is 0 Å². The minimum absolute atomic E-state index is 0.170. The van der Waals surface area contributed by atoms with Crippen LogP contribution in [0.1, 0.15) is 37.8 Å². The van der Waals surface area contributed by atoms with Crippen molar-refractivity contribution in [2.75, 3.05) is 0 Å². The van der Waals surface area contributed by atoms with Crippen molar-refractivity contribution in [3.05, 3.63) is 30.1 Å². The van der Waals surface area contributed by atoms with Gasteiger partial charge in [-0.1, -0.05) is 31.7 Å². The predicted molar refractivity (Wildman–Crippen MR) is 88.0 cm³/mol. The molecular weight excluding hydrogens is 322 g/mol. The summed E-state index contributed by atoms with van der Waals surface area (Å²) in [5.74, 6) is -1.94. The lowest BCUT2D eigenvalue weighted by molar-refractivity contribution is -0.162. The normalized spacial score (nSPS) is 18.1. The van der Waals surface area contributed by atoms with Crippen LogP contribution in [-0.4, -0.2) is 26.8 Å². The molecule has 1 atom stereocenters. The van der Waals surface area contributed by atoms with Crippen LogP contribution in [0.2, 0.25) is 0 Å². The van der Waals surface area contributed by atoms with Crippen molar-refractivity contribution < 1.29 is 19.4 Å². The van der Waals surface area contributed by atoms with Gasteiger partial charge in [0.1, 0.15) is 0 Å². The van der Waals surface area contributed by atoms with Crippen molar-refractivity contribution in [3.8, 4) is 0 Å². The Morgan fingerprint density at radius 3 is 2.55 bits per heavy atom. The van der Waals surface area contributed by atoms with Gasteiger partial charge in [0.05, 0.1) is 5.69 Å². The number of thiol groups is 2. The Hall–Kier alpha value is -1.21. The number of carbonyl (C=O) groups excluding carboxylic acids is 1. The van der Waals surface area contributed by atoms with Crippen molar-refractivity contribution in [2.24, 2.45) is 5.92 Å². The standard InChI is InChI=1S/C15H19NO4S2/c17-12(18)15(13(19)20-14(21)22,9-10-5-1-2-6-10)11-7-3-4-8-16-11/h3-4,7-8,10,14,21-22H,1-2,5-6,9H2,(H,17,18). The van der Waals surface area contributed by atoms with E-state index in [9.17, 15) is 14.7 Å². The maximum absolute atomic E-state index is 12.6. The van der Waals surface area contributed by atoms with Gasteiger partial charge in [-0.05, 0) is 24.5 Å². The van der Waals surface area contributed by atoms with Crippen LogP contribution in [0, 0.1) is 5.92 Å². The first-order chi connectivity index (χ1) is 10.5. The topological polar surface area (TPSA) is 76.5 Å². The van der Waals surface area contributed by atoms with Crippen LogP contribution in [0.25, 0.3) is 0 Å². The van der Waals surface area contributed by atoms with Crippen LogP contribution in [-0.2, 0) is 19.7 Å². The summed E-state index contributed by atoms with van der Waals surface area (Å²) >= 11 is 7.81. The number of carboxylic acids is 1. The number of aliphatic carboxylic acids is 1. The summed E-state index contributed by atoms with van der Waals surface area (Å²) in [5, 5.41) is 9.83. The lowest BCUT2D eigenvalue weighted by Crippen LogP contribution is -2.47. The summed E-state index contributed by atoms with van der Waals surface area (Å²) in [6, 6.07) is 4.90. The van der Waals surface area contributed by atoms with Crippen LogP contribution in [0.5, 0.6) is 0 Å². The number of aromatic nitrogens is 1. The second kappa shape index (κ2) is 7.37. The van der Waals surface area contributed by atoms with Crippen molar-refractivity contribution in [1.29, 1.82) is 0 Å². The molecule has 5 nitrogen and oxygen atoms in total. The zero-order valence-electron chi connectivity index (χ0n) is 12.0. The Morgan fingerprint density at radius 1 is 1.36 bits per heavy atom. The monoisotopic (exact) mass is 341 g/mol. The number of nitrogens with zero attached hydrogens (tertiary/aromatic N) is 1. The average Bonchev–Trinajstić information content (AvgIpc) is 2.97. The van der Waals surface area contributed by atoms with Gasteiger partial charge in [-0.25, -0.2) is 0 Å². The SMILES string of the molecule is O=C(O)C(CC1CCCC1)(C(=O)OC(S)S)c1ccccn1. The Morgan fingerprint density at radius 2 is 2.05 bits per heavy atom. The van der Waals surface area contributed by atoms with Gasteiger partial charge in [-0.3, -0.25) is 14.6 Å². The molecule has 7 heteroatoms. The molecule has 1 saturated carbocycles. The zero-order chi connectivity index (χ0) is 16.2. The smallest absolute Gasteiger partial charge is 0.331 e. The maximum Gasteiger partial charge on any atom is 0.331 e. The van der Waals surface area contributed by atoms with E-state index in [-0.39, 0.29) is 18.0 Å². The molecule has 1 aromatic rings. The highest BCUT2D eigenvalue weighted by Gasteiger charge is 2.52. The number of rotatable bonds is 6. The molecule has 0 spiro atoms. The molecule has 0 aliphatic heterocycles. The van der Waals surface area contributed by atoms with Crippen LogP contribution < -0.4 is 0 Å². The quantitative estimate of drug-likeness (QED) is 0.321. The number of hydrogen-bond donors (Lipinski definition) is 3. The largest absolute Gasteiger partial charge is 0.480 e. The van der Waals surface area contributed by atoms with Crippen LogP contribution in [0.3, 0.4) is 0 Å². The zero-order valence-corrected chi connectivity index (χ0v) is 13.8. The van der Waals surface area contributed by atoms with Gasteiger partial charge in [0.15, 0.2) is 4.77 Å². The molecule has 0 aromatic carbocycles. The van der Waals surface area contributed by atoms with Crippen molar-refractivity contribution in [3.63, 3.8) is 0 Å². The van der Waals surface area contributed by atoms with Gasteiger partial charge in [0.25, 0.3) is 0 Å². The Bertz CT molecular complexity index is 532. The van der Waals surface area contributed by atoms with Gasteiger partial charge in [0, 0.05) is 6.20 Å². The summed E-state index contributed by atoms with van der Waals surface area (Å²) in [5.41, 5.74) is -1.61. The molecule has 1 aliphatic rings. The van der Waals surface area contributed by atoms with Crippen LogP contribution >= 0.6 is 25.3 Å². The van der Waals surface area contributed by atoms with E-state index in [4.69, 9.17) is 4.74 Å². The lowest BCUT2D eigenvalue weighted by Gasteiger charge is -2.29. The predicted octanol–water partition coefficient (Wildman–Crippen LogP) is 2.67. The first-order valence-electron chi connectivity index (χ1n) is 7.19. The Kier molecular flexibility index (Phi) is 5.74. The molecule has 1 unspecified atom stereocenters. The molecular formula is C15H19NO4S2. The first-order valence-corrected chi connectivity index (χ1v) is 8.22. The van der Waals surface area contributed by atoms with Gasteiger partial charge < -0.3 is 9.84 Å². The minimum atomic E-state index is -1.81. The molecule has 0 amide bonds. The molecule has 2 rings (SSSR count). The van der Waals surface area contributed by atoms with E-state index in [0.29, 0.717) is 0 Å². The highest BCUT2D eigenvalue weighted by molar-refractivity contribution is 7.98. The maximum atomic E-state index is 12.6. The van der Waals surface area contributed by atoms with Crippen molar-refractivity contribution in [1.82, 2.24) is 4.98 Å². The molecule has 0 bridgehead atoms. The van der Waals surface area contributed by atoms with Crippen LogP contribution in [0.4, 0.5) is 0 Å². The summed E-state index contributed by atoms with van der Waals surface area (Å²) in [7, 11) is 0. The fourth-order valence-electron chi connectivity index (χ4n) is 3.04. The number of carbonyl (C=O) groups is 2. The molecule has 1 heterocycles. The summed E-state index contributed by atoms with van der Waals surface area (Å²) < 4.78 is 4.04. The lowest BCUT2D eigenvalue weighted by atomic mass is 9.75. The van der Waals surface area contributed by atoms with E-state index >= 15 is 0 Å². The fraction of sp³-hybridized carbons (Fsp3) is 0.533. The van der Waals surface area contributed by atoms with E-state index < -0.39 is 22.1 Å². The van der Waals surface area contributed by atoms with Crippen molar-refractivity contribution >= 4 is 37.2 Å². The number of hydrogen-bond acceptors (Lipinski definition) is 6. The fourth-order valence-corrected chi connectivity index (χ4v) is 3.23. The van der Waals surface area contributed by atoms with E-state index in [1.165, 1.54) is 6.20 Å². The minimum Gasteiger partial charge on any atom is -0.480 e. The molecule has 0 radical (unpaired) electrons. The van der Waals surface area contributed by atoms with Gasteiger partial charge in [0.2, 0.25) is 5.41 Å². The number of esters is 1. The average molecular weight is 341 g/mol. The second-order valence-corrected chi connectivity index (χ2v) is 6.86. The Labute approximate surface area is 140 Å². The second-order valence-electron chi connectivity index (χ2n) is 5.51. The van der Waals surface area contributed by atoms with Crippen molar-refractivity contribution in [2.45, 2.75) is 42.3 Å². The number of carboxylic acid groups (broad SMARTS) is 1. The van der Waals surface area contributed by atoms with Crippen LogP contribution in [0.15, 0.2) is 24.4 Å². The number of ether oxygens (including phenoxy) is 1. The van der Waals surface area contributed by atoms with E-state index in [2.05, 4.69) is 30.2 Å². The highest BCUT2D eigenvalue weighted by Crippen LogP contribution is 2.39. The summed E-state index contributed by atoms with van der Waals surface area (Å²) in [6.07, 6.45) is 5.61. The van der Waals surface area contributed by atoms with E-state index in [1.54, 1.807) is 18.2 Å². The Balaban J connectivity index is 2.43. The first kappa shape index (κ1) is 17.1. The third kappa shape index (κ3) is 3.57. The highest BCUT2D eigenvalue weighted by atomic mass is 32.2. The van der Waals surface area contributed by atoms with E-state index in [0.717, 1.165) is 25.7 Å². The van der Waals surface area contributed by atoms with Gasteiger partial charge >= 0.3 is 11.9 Å². The summed E-state index contributed by atoms with van der Waals surface area (Å²) in [6.45, 7) is 0. The molecule has 1 aromatic heterocycles.